The third kappa shape index (κ3) is 6.65. The summed E-state index contributed by atoms with van der Waals surface area (Å²) in [5.74, 6) is 0.525. The van der Waals surface area contributed by atoms with Crippen molar-refractivity contribution in [3.8, 4) is 0 Å². The summed E-state index contributed by atoms with van der Waals surface area (Å²) < 4.78 is 2.12. The Kier molecular flexibility index (Phi) is 9.67. The third-order valence-corrected chi connectivity index (χ3v) is 8.93. The van der Waals surface area contributed by atoms with Crippen LogP contribution in [0.3, 0.4) is 0 Å². The van der Waals surface area contributed by atoms with Crippen molar-refractivity contribution in [3.63, 3.8) is 0 Å². The van der Waals surface area contributed by atoms with Gasteiger partial charge in [-0.25, -0.2) is 4.98 Å². The van der Waals surface area contributed by atoms with Crippen LogP contribution in [0.2, 0.25) is 0 Å². The number of amides is 1. The molecule has 3 aromatic rings. The van der Waals surface area contributed by atoms with Crippen LogP contribution >= 0.6 is 24.0 Å². The smallest absolute Gasteiger partial charge is 0.267 e. The van der Waals surface area contributed by atoms with E-state index in [0.717, 1.165) is 45.6 Å². The quantitative estimate of drug-likeness (QED) is 0.168. The lowest BCUT2D eigenvalue weighted by molar-refractivity contribution is -0.122. The average Bonchev–Trinajstić information content (AvgIpc) is 3.24. The van der Waals surface area contributed by atoms with Gasteiger partial charge in [0.2, 0.25) is 0 Å². The number of nitrogens with zero attached hydrogens (tertiary/aromatic N) is 5. The van der Waals surface area contributed by atoms with Crippen molar-refractivity contribution in [1.82, 2.24) is 19.2 Å². The Balaban J connectivity index is 1.35. The molecule has 4 heterocycles. The largest absolute Gasteiger partial charge is 0.353 e. The fourth-order valence-corrected chi connectivity index (χ4v) is 6.58. The number of aromatic nitrogens is 2. The van der Waals surface area contributed by atoms with Crippen LogP contribution in [0, 0.1) is 0 Å². The van der Waals surface area contributed by atoms with Gasteiger partial charge in [0, 0.05) is 45.5 Å². The second-order valence-electron chi connectivity index (χ2n) is 10.4. The van der Waals surface area contributed by atoms with Crippen LogP contribution in [0.1, 0.15) is 56.6 Å². The highest BCUT2D eigenvalue weighted by Crippen LogP contribution is 2.34. The molecule has 0 atom stereocenters. The van der Waals surface area contributed by atoms with Gasteiger partial charge >= 0.3 is 0 Å². The molecular weight excluding hydrogens is 539 g/mol. The van der Waals surface area contributed by atoms with Gasteiger partial charge in [-0.2, -0.15) is 0 Å². The second kappa shape index (κ2) is 13.6. The van der Waals surface area contributed by atoms with Crippen molar-refractivity contribution in [1.29, 1.82) is 0 Å². The molecule has 1 aromatic carbocycles. The zero-order valence-electron chi connectivity index (χ0n) is 23.1. The molecule has 0 radical (unpaired) electrons. The number of thioether (sulfide) groups is 1. The number of pyridine rings is 1. The number of carbonyl (C=O) groups excluding carboxylic acids is 1. The highest BCUT2D eigenvalue weighted by molar-refractivity contribution is 8.26. The van der Waals surface area contributed by atoms with E-state index in [1.54, 1.807) is 21.6 Å². The lowest BCUT2D eigenvalue weighted by Gasteiger charge is -2.36. The molecule has 2 aliphatic rings. The van der Waals surface area contributed by atoms with Gasteiger partial charge < -0.3 is 4.90 Å². The summed E-state index contributed by atoms with van der Waals surface area (Å²) in [5, 5.41) is 0. The van der Waals surface area contributed by atoms with E-state index in [1.807, 2.05) is 24.3 Å². The highest BCUT2D eigenvalue weighted by atomic mass is 32.2. The lowest BCUT2D eigenvalue weighted by atomic mass is 10.1. The minimum Gasteiger partial charge on any atom is -0.353 e. The van der Waals surface area contributed by atoms with Crippen molar-refractivity contribution < 1.29 is 4.79 Å². The molecule has 40 heavy (non-hydrogen) atoms. The molecule has 9 heteroatoms. The SMILES string of the molecule is CCCCCCCCN1C(=O)C(=Cc2c(N3CCN(Cc4ccccc4)CC3)nc3ccccn3c2=O)SC1=S. The number of hydrogen-bond donors (Lipinski definition) is 0. The van der Waals surface area contributed by atoms with Gasteiger partial charge in [0.25, 0.3) is 11.5 Å². The van der Waals surface area contributed by atoms with Gasteiger partial charge in [0.1, 0.15) is 15.8 Å². The third-order valence-electron chi connectivity index (χ3n) is 7.55. The molecule has 0 aliphatic carbocycles. The highest BCUT2D eigenvalue weighted by Gasteiger charge is 2.33. The predicted octanol–water partition coefficient (Wildman–Crippen LogP) is 5.58. The topological polar surface area (TPSA) is 61.2 Å². The van der Waals surface area contributed by atoms with E-state index in [2.05, 4.69) is 41.0 Å². The molecule has 7 nitrogen and oxygen atoms in total. The van der Waals surface area contributed by atoms with Crippen LogP contribution < -0.4 is 10.5 Å². The number of anilines is 1. The molecule has 2 aliphatic heterocycles. The maximum Gasteiger partial charge on any atom is 0.267 e. The first-order valence-corrected chi connectivity index (χ1v) is 15.6. The Labute approximate surface area is 245 Å². The van der Waals surface area contributed by atoms with E-state index in [9.17, 15) is 9.59 Å². The molecule has 0 N–H and O–H groups in total. The minimum absolute atomic E-state index is 0.111. The Bertz CT molecular complexity index is 1430. The van der Waals surface area contributed by atoms with Crippen molar-refractivity contribution in [2.24, 2.45) is 0 Å². The maximum atomic E-state index is 13.7. The summed E-state index contributed by atoms with van der Waals surface area (Å²) in [6.07, 6.45) is 10.4. The first kappa shape index (κ1) is 28.5. The fraction of sp³-hybridized carbons (Fsp3) is 0.419. The molecule has 0 saturated carbocycles. The zero-order valence-corrected chi connectivity index (χ0v) is 24.8. The Hall–Kier alpha value is -3.01. The number of thiocarbonyl (C=S) groups is 1. The molecular formula is C31H37N5O2S2. The number of rotatable bonds is 11. The second-order valence-corrected chi connectivity index (χ2v) is 12.1. The van der Waals surface area contributed by atoms with Gasteiger partial charge in [0.15, 0.2) is 0 Å². The maximum absolute atomic E-state index is 13.7. The van der Waals surface area contributed by atoms with Crippen LogP contribution in [0.5, 0.6) is 0 Å². The summed E-state index contributed by atoms with van der Waals surface area (Å²) in [6, 6.07) is 16.0. The van der Waals surface area contributed by atoms with Gasteiger partial charge in [-0.15, -0.1) is 0 Å². The van der Waals surface area contributed by atoms with Gasteiger partial charge in [-0.1, -0.05) is 99.4 Å². The van der Waals surface area contributed by atoms with E-state index >= 15 is 0 Å². The van der Waals surface area contributed by atoms with Crippen LogP contribution in [0.4, 0.5) is 5.82 Å². The van der Waals surface area contributed by atoms with Crippen LogP contribution in [-0.2, 0) is 11.3 Å². The molecule has 2 saturated heterocycles. The monoisotopic (exact) mass is 575 g/mol. The van der Waals surface area contributed by atoms with E-state index < -0.39 is 0 Å². The van der Waals surface area contributed by atoms with Crippen molar-refractivity contribution in [2.45, 2.75) is 52.0 Å². The summed E-state index contributed by atoms with van der Waals surface area (Å²) >= 11 is 6.86. The molecule has 210 valence electrons. The molecule has 5 rings (SSSR count). The molecule has 0 spiro atoms. The van der Waals surface area contributed by atoms with Gasteiger partial charge in [0.05, 0.1) is 10.5 Å². The van der Waals surface area contributed by atoms with E-state index in [-0.39, 0.29) is 11.5 Å². The summed E-state index contributed by atoms with van der Waals surface area (Å²) in [7, 11) is 0. The molecule has 0 bridgehead atoms. The van der Waals surface area contributed by atoms with Crippen molar-refractivity contribution in [3.05, 3.63) is 81.1 Å². The molecule has 2 aromatic heterocycles. The summed E-state index contributed by atoms with van der Waals surface area (Å²) in [6.45, 7) is 6.97. The zero-order chi connectivity index (χ0) is 27.9. The Morgan fingerprint density at radius 3 is 2.42 bits per heavy atom. The normalized spacial score (nSPS) is 17.5. The first-order chi connectivity index (χ1) is 19.5. The van der Waals surface area contributed by atoms with Crippen LogP contribution in [0.25, 0.3) is 11.7 Å². The number of fused-ring (bicyclic) bond motifs is 1. The number of benzene rings is 1. The van der Waals surface area contributed by atoms with Crippen LogP contribution in [0.15, 0.2) is 64.4 Å². The fourth-order valence-electron chi connectivity index (χ4n) is 5.29. The van der Waals surface area contributed by atoms with Gasteiger partial charge in [-0.3, -0.25) is 23.8 Å². The number of hydrogen-bond acceptors (Lipinski definition) is 7. The number of piperazine rings is 1. The first-order valence-electron chi connectivity index (χ1n) is 14.3. The Morgan fingerprint density at radius 2 is 1.65 bits per heavy atom. The number of carbonyl (C=O) groups is 1. The van der Waals surface area contributed by atoms with E-state index in [0.29, 0.717) is 32.8 Å². The Morgan fingerprint density at radius 1 is 0.925 bits per heavy atom. The van der Waals surface area contributed by atoms with E-state index in [1.165, 1.54) is 43.0 Å². The van der Waals surface area contributed by atoms with E-state index in [4.69, 9.17) is 17.2 Å². The van der Waals surface area contributed by atoms with Gasteiger partial charge in [-0.05, 0) is 30.2 Å². The summed E-state index contributed by atoms with van der Waals surface area (Å²) in [5.41, 5.74) is 2.16. The predicted molar refractivity (Wildman–Crippen MR) is 169 cm³/mol. The molecule has 2 fully saturated rings. The van der Waals surface area contributed by atoms with Crippen molar-refractivity contribution in [2.75, 3.05) is 37.6 Å². The molecule has 1 amide bonds. The lowest BCUT2D eigenvalue weighted by Crippen LogP contribution is -2.47. The minimum atomic E-state index is -0.173. The average molecular weight is 576 g/mol. The van der Waals surface area contributed by atoms with Crippen molar-refractivity contribution >= 4 is 51.7 Å². The summed E-state index contributed by atoms with van der Waals surface area (Å²) in [4.78, 5) is 38.8. The van der Waals surface area contributed by atoms with Crippen LogP contribution in [-0.4, -0.2) is 62.1 Å². The molecule has 0 unspecified atom stereocenters. The number of unbranched alkanes of at least 4 members (excludes halogenated alkanes) is 5. The standard InChI is InChI=1S/C31H37N5O2S2/c1-2-3-4-5-6-11-17-36-30(38)26(40-31(36)39)22-25-28(32-27-15-10-12-16-35(27)29(25)37)34-20-18-33(19-21-34)23-24-13-8-7-9-14-24/h7-10,12-16,22H,2-6,11,17-21,23H2,1H3.